The molecule has 1 unspecified atom stereocenters. The third kappa shape index (κ3) is 3.27. The van der Waals surface area contributed by atoms with E-state index in [-0.39, 0.29) is 11.9 Å². The lowest BCUT2D eigenvalue weighted by molar-refractivity contribution is -0.117. The quantitative estimate of drug-likeness (QED) is 0.757. The summed E-state index contributed by atoms with van der Waals surface area (Å²) < 4.78 is 0. The van der Waals surface area contributed by atoms with Crippen LogP contribution < -0.4 is 21.3 Å². The van der Waals surface area contributed by atoms with Gasteiger partial charge in [-0.15, -0.1) is 0 Å². The molecule has 4 N–H and O–H groups in total. The normalized spacial score (nSPS) is 15.9. The number of carbonyl (C=O) groups excluding carboxylic acids is 2. The van der Waals surface area contributed by atoms with E-state index < -0.39 is 6.04 Å². The average molecular weight is 276 g/mol. The van der Waals surface area contributed by atoms with Crippen LogP contribution in [0.4, 0.5) is 16.2 Å². The molecule has 1 aromatic carbocycles. The van der Waals surface area contributed by atoms with Gasteiger partial charge in [-0.1, -0.05) is 13.3 Å². The first-order chi connectivity index (χ1) is 9.61. The first-order valence-electron chi connectivity index (χ1n) is 6.83. The van der Waals surface area contributed by atoms with Crippen molar-refractivity contribution in [1.82, 2.24) is 5.32 Å². The third-order valence-electron chi connectivity index (χ3n) is 3.24. The van der Waals surface area contributed by atoms with E-state index in [0.29, 0.717) is 25.2 Å². The van der Waals surface area contributed by atoms with E-state index in [9.17, 15) is 9.59 Å². The molecule has 0 saturated carbocycles. The first kappa shape index (κ1) is 14.3. The predicted octanol–water partition coefficient (Wildman–Crippen LogP) is 1.28. The van der Waals surface area contributed by atoms with Gasteiger partial charge in [-0.25, -0.2) is 4.79 Å². The summed E-state index contributed by atoms with van der Waals surface area (Å²) in [5.41, 5.74) is 7.25. The number of carbonyl (C=O) groups is 2. The molecule has 1 saturated heterocycles. The van der Waals surface area contributed by atoms with Crippen molar-refractivity contribution in [2.75, 3.05) is 23.3 Å². The molecule has 3 amide bonds. The molecular weight excluding hydrogens is 256 g/mol. The molecule has 0 aromatic heterocycles. The van der Waals surface area contributed by atoms with Crippen molar-refractivity contribution in [2.45, 2.75) is 25.8 Å². The standard InChI is InChI=1S/C14H20N4O2/c1-2-3-12(15)13(19)17-10-4-6-11(7-5-10)18-9-8-16-14(18)20/h4-7,12H,2-3,8-9,15H2,1H3,(H,16,20)(H,17,19). The van der Waals surface area contributed by atoms with Gasteiger partial charge < -0.3 is 16.4 Å². The number of nitrogens with zero attached hydrogens (tertiary/aromatic N) is 1. The number of benzene rings is 1. The molecule has 1 aliphatic rings. The lowest BCUT2D eigenvalue weighted by Gasteiger charge is -2.15. The third-order valence-corrected chi connectivity index (χ3v) is 3.24. The Morgan fingerprint density at radius 3 is 2.70 bits per heavy atom. The number of hydrogen-bond donors (Lipinski definition) is 3. The van der Waals surface area contributed by atoms with Gasteiger partial charge in [-0.3, -0.25) is 9.69 Å². The summed E-state index contributed by atoms with van der Waals surface area (Å²) in [6, 6.07) is 6.60. The van der Waals surface area contributed by atoms with E-state index in [1.165, 1.54) is 0 Å². The Morgan fingerprint density at radius 2 is 2.15 bits per heavy atom. The fraction of sp³-hybridized carbons (Fsp3) is 0.429. The highest BCUT2D eigenvalue weighted by Gasteiger charge is 2.21. The molecule has 0 spiro atoms. The molecule has 1 aromatic rings. The summed E-state index contributed by atoms with van der Waals surface area (Å²) in [6.45, 7) is 3.30. The van der Waals surface area contributed by atoms with Gasteiger partial charge in [0.05, 0.1) is 6.04 Å². The van der Waals surface area contributed by atoms with Crippen LogP contribution in [0.3, 0.4) is 0 Å². The number of hydrogen-bond acceptors (Lipinski definition) is 3. The lowest BCUT2D eigenvalue weighted by atomic mass is 10.1. The number of nitrogens with one attached hydrogen (secondary N) is 2. The number of nitrogens with two attached hydrogens (primary N) is 1. The molecule has 1 heterocycles. The molecule has 20 heavy (non-hydrogen) atoms. The van der Waals surface area contributed by atoms with Crippen LogP contribution in [0.1, 0.15) is 19.8 Å². The first-order valence-corrected chi connectivity index (χ1v) is 6.83. The van der Waals surface area contributed by atoms with E-state index in [1.807, 2.05) is 19.1 Å². The van der Waals surface area contributed by atoms with Gasteiger partial charge in [-0.05, 0) is 30.7 Å². The zero-order valence-corrected chi connectivity index (χ0v) is 11.6. The predicted molar refractivity (Wildman–Crippen MR) is 78.7 cm³/mol. The topological polar surface area (TPSA) is 87.5 Å². The van der Waals surface area contributed by atoms with Crippen molar-refractivity contribution in [2.24, 2.45) is 5.73 Å². The Balaban J connectivity index is 1.98. The van der Waals surface area contributed by atoms with Gasteiger partial charge in [0.1, 0.15) is 0 Å². The Morgan fingerprint density at radius 1 is 1.45 bits per heavy atom. The minimum absolute atomic E-state index is 0.0910. The summed E-state index contributed by atoms with van der Waals surface area (Å²) in [4.78, 5) is 25.0. The van der Waals surface area contributed by atoms with E-state index >= 15 is 0 Å². The Bertz CT molecular complexity index is 486. The summed E-state index contributed by atoms with van der Waals surface area (Å²) in [5, 5.41) is 5.52. The fourth-order valence-electron chi connectivity index (χ4n) is 2.12. The molecule has 1 fully saturated rings. The van der Waals surface area contributed by atoms with Crippen LogP contribution in [-0.2, 0) is 4.79 Å². The Kier molecular flexibility index (Phi) is 4.57. The second kappa shape index (κ2) is 6.38. The van der Waals surface area contributed by atoms with Crippen molar-refractivity contribution in [3.8, 4) is 0 Å². The number of amides is 3. The van der Waals surface area contributed by atoms with Crippen molar-refractivity contribution in [3.63, 3.8) is 0 Å². The van der Waals surface area contributed by atoms with E-state index in [0.717, 1.165) is 12.1 Å². The van der Waals surface area contributed by atoms with Crippen LogP contribution in [0.15, 0.2) is 24.3 Å². The molecule has 1 aliphatic heterocycles. The summed E-state index contributed by atoms with van der Waals surface area (Å²) in [6.07, 6.45) is 1.54. The number of urea groups is 1. The average Bonchev–Trinajstić information content (AvgIpc) is 2.86. The molecule has 1 atom stereocenters. The monoisotopic (exact) mass is 276 g/mol. The van der Waals surface area contributed by atoms with Gasteiger partial charge >= 0.3 is 6.03 Å². The maximum Gasteiger partial charge on any atom is 0.321 e. The van der Waals surface area contributed by atoms with Crippen LogP contribution in [0.25, 0.3) is 0 Å². The van der Waals surface area contributed by atoms with Crippen molar-refractivity contribution in [3.05, 3.63) is 24.3 Å². The van der Waals surface area contributed by atoms with Gasteiger partial charge in [0.15, 0.2) is 0 Å². The molecule has 108 valence electrons. The zero-order chi connectivity index (χ0) is 14.5. The van der Waals surface area contributed by atoms with E-state index in [2.05, 4.69) is 10.6 Å². The summed E-state index contributed by atoms with van der Waals surface area (Å²) in [7, 11) is 0. The van der Waals surface area contributed by atoms with Gasteiger partial charge in [0.2, 0.25) is 5.91 Å². The summed E-state index contributed by atoms with van der Waals surface area (Å²) in [5.74, 6) is -0.182. The number of anilines is 2. The highest BCUT2D eigenvalue weighted by atomic mass is 16.2. The van der Waals surface area contributed by atoms with Crippen LogP contribution >= 0.6 is 0 Å². The molecule has 0 bridgehead atoms. The number of rotatable bonds is 5. The molecule has 6 heteroatoms. The van der Waals surface area contributed by atoms with Gasteiger partial charge in [-0.2, -0.15) is 0 Å². The molecular formula is C14H20N4O2. The van der Waals surface area contributed by atoms with Crippen molar-refractivity contribution in [1.29, 1.82) is 0 Å². The smallest absolute Gasteiger partial charge is 0.321 e. The lowest BCUT2D eigenvalue weighted by Crippen LogP contribution is -2.35. The second-order valence-corrected chi connectivity index (χ2v) is 4.81. The van der Waals surface area contributed by atoms with E-state index in [1.54, 1.807) is 17.0 Å². The SMILES string of the molecule is CCCC(N)C(=O)Nc1ccc(N2CCNC2=O)cc1. The second-order valence-electron chi connectivity index (χ2n) is 4.81. The Labute approximate surface area is 118 Å². The fourth-order valence-corrected chi connectivity index (χ4v) is 2.12. The zero-order valence-electron chi connectivity index (χ0n) is 11.6. The maximum atomic E-state index is 11.8. The summed E-state index contributed by atoms with van der Waals surface area (Å²) >= 11 is 0. The maximum absolute atomic E-state index is 11.8. The van der Waals surface area contributed by atoms with Gasteiger partial charge in [0.25, 0.3) is 0 Å². The molecule has 0 aliphatic carbocycles. The molecule has 2 rings (SSSR count). The largest absolute Gasteiger partial charge is 0.336 e. The minimum atomic E-state index is -0.482. The van der Waals surface area contributed by atoms with Crippen LogP contribution in [0.5, 0.6) is 0 Å². The van der Waals surface area contributed by atoms with Crippen molar-refractivity contribution < 1.29 is 9.59 Å². The molecule has 6 nitrogen and oxygen atoms in total. The van der Waals surface area contributed by atoms with Crippen LogP contribution in [0.2, 0.25) is 0 Å². The van der Waals surface area contributed by atoms with Gasteiger partial charge in [0, 0.05) is 24.5 Å². The van der Waals surface area contributed by atoms with Crippen molar-refractivity contribution >= 4 is 23.3 Å². The highest BCUT2D eigenvalue weighted by Crippen LogP contribution is 2.19. The highest BCUT2D eigenvalue weighted by molar-refractivity contribution is 5.96. The Hall–Kier alpha value is -2.08. The van der Waals surface area contributed by atoms with E-state index in [4.69, 9.17) is 5.73 Å². The molecule has 0 radical (unpaired) electrons. The van der Waals surface area contributed by atoms with Crippen LogP contribution in [-0.4, -0.2) is 31.1 Å². The minimum Gasteiger partial charge on any atom is -0.336 e. The van der Waals surface area contributed by atoms with Crippen LogP contribution in [0, 0.1) is 0 Å².